The highest BCUT2D eigenvalue weighted by atomic mass is 16.5. The minimum Gasteiger partial charge on any atom is -0.381 e. The Hall–Kier alpha value is -0.540. The van der Waals surface area contributed by atoms with Gasteiger partial charge in [-0.05, 0) is 159 Å². The summed E-state index contributed by atoms with van der Waals surface area (Å²) in [5.74, 6) is 4.52. The zero-order chi connectivity index (χ0) is 44.3. The van der Waals surface area contributed by atoms with Crippen molar-refractivity contribution in [2.24, 2.45) is 67.5 Å². The molecule has 5 fully saturated rings. The summed E-state index contributed by atoms with van der Waals surface area (Å²) >= 11 is 0. The van der Waals surface area contributed by atoms with Gasteiger partial charge in [0.05, 0.1) is 0 Å². The molecule has 3 heterocycles. The number of rotatable bonds is 1. The quantitative estimate of drug-likeness (QED) is 0.263. The fourth-order valence-electron chi connectivity index (χ4n) is 10.6. The first-order valence-corrected chi connectivity index (χ1v) is 24.3. The average Bonchev–Trinajstić information content (AvgIpc) is 3.60. The van der Waals surface area contributed by atoms with Crippen molar-refractivity contribution >= 4 is 0 Å². The van der Waals surface area contributed by atoms with E-state index in [1.165, 1.54) is 115 Å². The van der Waals surface area contributed by atoms with Crippen molar-refractivity contribution in [2.45, 2.75) is 222 Å². The lowest BCUT2D eigenvalue weighted by atomic mass is 9.56. The maximum Gasteiger partial charge on any atom is 0.0500 e. The molecule has 1 atom stereocenters. The minimum atomic E-state index is 0.455. The van der Waals surface area contributed by atoms with Crippen molar-refractivity contribution in [3.63, 3.8) is 0 Å². The predicted octanol–water partition coefficient (Wildman–Crippen LogP) is 16.2. The third-order valence-electron chi connectivity index (χ3n) is 15.0. The van der Waals surface area contributed by atoms with Crippen LogP contribution in [0.5, 0.6) is 0 Å². The third-order valence-corrected chi connectivity index (χ3v) is 15.0. The second-order valence-electron chi connectivity index (χ2n) is 26.9. The van der Waals surface area contributed by atoms with Crippen molar-refractivity contribution in [1.82, 2.24) is 9.80 Å². The summed E-state index contributed by atoms with van der Waals surface area (Å²) in [5, 5.41) is 0. The smallest absolute Gasteiger partial charge is 0.0500 e. The highest BCUT2D eigenvalue weighted by Gasteiger charge is 2.42. The Morgan fingerprint density at radius 2 is 0.842 bits per heavy atom. The lowest BCUT2D eigenvalue weighted by Gasteiger charge is -2.49. The molecule has 0 aromatic heterocycles. The maximum absolute atomic E-state index is 5.28. The molecule has 0 aromatic rings. The Bertz CT molecular complexity index is 1070. The van der Waals surface area contributed by atoms with Crippen molar-refractivity contribution < 1.29 is 4.74 Å². The molecule has 5 rings (SSSR count). The van der Waals surface area contributed by atoms with Crippen LogP contribution in [0.2, 0.25) is 0 Å². The van der Waals surface area contributed by atoms with E-state index in [0.29, 0.717) is 37.9 Å². The molecule has 340 valence electrons. The van der Waals surface area contributed by atoms with Crippen LogP contribution >= 0.6 is 0 Å². The van der Waals surface area contributed by atoms with Crippen LogP contribution in [0, 0.1) is 67.5 Å². The predicted molar refractivity (Wildman–Crippen MR) is 257 cm³/mol. The molecular formula is C54H108N2O. The van der Waals surface area contributed by atoms with Crippen LogP contribution in [-0.2, 0) is 4.74 Å². The van der Waals surface area contributed by atoms with Crippen LogP contribution in [0.15, 0.2) is 12.3 Å². The number of allylic oxidation sites excluding steroid dienone is 1. The molecule has 3 aliphatic heterocycles. The van der Waals surface area contributed by atoms with E-state index >= 15 is 0 Å². The van der Waals surface area contributed by atoms with E-state index in [9.17, 15) is 0 Å². The number of hydrogen-bond acceptors (Lipinski definition) is 3. The molecule has 1 unspecified atom stereocenters. The molecule has 0 radical (unpaired) electrons. The van der Waals surface area contributed by atoms with Gasteiger partial charge in [0.15, 0.2) is 0 Å². The molecule has 3 heteroatoms. The number of piperidine rings is 2. The Labute approximate surface area is 361 Å². The van der Waals surface area contributed by atoms with E-state index in [1.54, 1.807) is 0 Å². The number of hydrogen-bond donors (Lipinski definition) is 0. The van der Waals surface area contributed by atoms with Crippen LogP contribution in [0.4, 0.5) is 0 Å². The Morgan fingerprint density at radius 1 is 0.491 bits per heavy atom. The van der Waals surface area contributed by atoms with E-state index in [-0.39, 0.29) is 0 Å². The Morgan fingerprint density at radius 3 is 1.12 bits per heavy atom. The van der Waals surface area contributed by atoms with Crippen molar-refractivity contribution in [3.05, 3.63) is 12.3 Å². The third kappa shape index (κ3) is 22.2. The molecule has 0 bridgehead atoms. The molecule has 0 amide bonds. The van der Waals surface area contributed by atoms with Crippen LogP contribution in [-0.4, -0.2) is 56.2 Å². The minimum absolute atomic E-state index is 0.455. The topological polar surface area (TPSA) is 15.7 Å². The van der Waals surface area contributed by atoms with Crippen LogP contribution in [0.1, 0.15) is 222 Å². The zero-order valence-corrected chi connectivity index (χ0v) is 43.3. The molecule has 5 aliphatic rings. The van der Waals surface area contributed by atoms with Gasteiger partial charge in [-0.15, -0.1) is 0 Å². The SMILES string of the molecule is C=C(C)N1CCC(C(C)(C)C)CC1.CC(C)(C)C1CCCCC1.CC(C)(C)C1CCOC1.CC1(C)CC(C(C)(C)C)CC(C)(C)C1.CN1CCC(C(C)(C)C)CC1. The first kappa shape index (κ1) is 54.5. The van der Waals surface area contributed by atoms with Gasteiger partial charge in [0.2, 0.25) is 0 Å². The molecule has 0 aromatic carbocycles. The molecular weight excluding hydrogens is 693 g/mol. The molecule has 2 aliphatic carbocycles. The highest BCUT2D eigenvalue weighted by Crippen LogP contribution is 2.53. The molecule has 0 N–H and O–H groups in total. The number of nitrogens with zero attached hydrogens (tertiary/aromatic N) is 2. The van der Waals surface area contributed by atoms with Gasteiger partial charge in [-0.3, -0.25) is 0 Å². The summed E-state index contributed by atoms with van der Waals surface area (Å²) in [6, 6.07) is 0. The molecule has 57 heavy (non-hydrogen) atoms. The average molecular weight is 801 g/mol. The second kappa shape index (κ2) is 22.5. The standard InChI is InChI=1S/C14H28.C12H23N.C10H21N.C10H20.C8H16O/c1-12(2,3)11-8-13(4,5)10-14(6,7)9-11;1-10(2)13-8-6-11(7-9-13)12(3,4)5;1-10(2,3)9-5-7-11(4)8-6-9;1-10(2,3)9-7-5-4-6-8-9;1-8(2,3)7-4-5-9-6-7/h11H,8-10H2,1-7H3;11H,1,6-9H2,2-5H3;9H,5-8H2,1-4H3;9H,4-8H2,1-3H3;7H,4-6H2,1-3H3. The van der Waals surface area contributed by atoms with Crippen LogP contribution < -0.4 is 0 Å². The summed E-state index contributed by atoms with van der Waals surface area (Å²) < 4.78 is 5.28. The van der Waals surface area contributed by atoms with Gasteiger partial charge in [0, 0.05) is 32.0 Å². The highest BCUT2D eigenvalue weighted by molar-refractivity contribution is 4.94. The summed E-state index contributed by atoms with van der Waals surface area (Å²) in [6.45, 7) is 58.1. The zero-order valence-electron chi connectivity index (χ0n) is 43.3. The van der Waals surface area contributed by atoms with Gasteiger partial charge in [-0.2, -0.15) is 0 Å². The Kier molecular flexibility index (Phi) is 21.5. The fourth-order valence-corrected chi connectivity index (χ4v) is 10.6. The van der Waals surface area contributed by atoms with E-state index < -0.39 is 0 Å². The molecule has 3 saturated heterocycles. The molecule has 2 saturated carbocycles. The van der Waals surface area contributed by atoms with E-state index in [0.717, 1.165) is 42.8 Å². The van der Waals surface area contributed by atoms with E-state index in [2.05, 4.69) is 162 Å². The summed E-state index contributed by atoms with van der Waals surface area (Å²) in [7, 11) is 2.22. The largest absolute Gasteiger partial charge is 0.381 e. The molecule has 0 spiro atoms. The lowest BCUT2D eigenvalue weighted by Crippen LogP contribution is -2.38. The summed E-state index contributed by atoms with van der Waals surface area (Å²) in [5.41, 5.74) is 4.83. The monoisotopic (exact) mass is 801 g/mol. The van der Waals surface area contributed by atoms with E-state index in [1.807, 2.05) is 0 Å². The van der Waals surface area contributed by atoms with Crippen molar-refractivity contribution in [1.29, 1.82) is 0 Å². The van der Waals surface area contributed by atoms with Gasteiger partial charge >= 0.3 is 0 Å². The number of ether oxygens (including phenoxy) is 1. The van der Waals surface area contributed by atoms with Crippen LogP contribution in [0.3, 0.4) is 0 Å². The van der Waals surface area contributed by atoms with Crippen LogP contribution in [0.25, 0.3) is 0 Å². The fraction of sp³-hybridized carbons (Fsp3) is 0.963. The second-order valence-corrected chi connectivity index (χ2v) is 26.9. The first-order chi connectivity index (χ1) is 25.6. The normalized spacial score (nSPS) is 24.7. The van der Waals surface area contributed by atoms with Gasteiger partial charge in [0.25, 0.3) is 0 Å². The van der Waals surface area contributed by atoms with Gasteiger partial charge in [-0.1, -0.05) is 157 Å². The maximum atomic E-state index is 5.28. The summed E-state index contributed by atoms with van der Waals surface area (Å²) in [4.78, 5) is 4.84. The first-order valence-electron chi connectivity index (χ1n) is 24.3. The summed E-state index contributed by atoms with van der Waals surface area (Å²) in [6.07, 6.45) is 18.3. The van der Waals surface area contributed by atoms with Gasteiger partial charge in [-0.25, -0.2) is 0 Å². The Balaban J connectivity index is 0.000000359. The van der Waals surface area contributed by atoms with Gasteiger partial charge < -0.3 is 14.5 Å². The van der Waals surface area contributed by atoms with Crippen molar-refractivity contribution in [3.8, 4) is 0 Å². The molecule has 3 nitrogen and oxygen atoms in total. The van der Waals surface area contributed by atoms with Gasteiger partial charge in [0.1, 0.15) is 0 Å². The van der Waals surface area contributed by atoms with Crippen molar-refractivity contribution in [2.75, 3.05) is 46.4 Å². The van der Waals surface area contributed by atoms with E-state index in [4.69, 9.17) is 4.74 Å². The number of likely N-dealkylation sites (tertiary alicyclic amines) is 2. The lowest BCUT2D eigenvalue weighted by molar-refractivity contribution is 0.0162.